The van der Waals surface area contributed by atoms with Gasteiger partial charge in [0, 0.05) is 23.1 Å². The van der Waals surface area contributed by atoms with E-state index in [-0.39, 0.29) is 5.97 Å². The summed E-state index contributed by atoms with van der Waals surface area (Å²) < 4.78 is 10.6. The number of aryl methyl sites for hydroxylation is 1. The third kappa shape index (κ3) is 5.92. The number of ether oxygens (including phenoxy) is 2. The largest absolute Gasteiger partial charge is 0.465 e. The first kappa shape index (κ1) is 23.4. The monoisotopic (exact) mass is 449 g/mol. The molecule has 0 amide bonds. The Balaban J connectivity index is 2.05. The highest BCUT2D eigenvalue weighted by Crippen LogP contribution is 2.30. The molecule has 32 heavy (non-hydrogen) atoms. The number of carbonyl (C=O) groups excluding carboxylic acids is 2. The fourth-order valence-corrected chi connectivity index (χ4v) is 3.88. The Bertz CT molecular complexity index is 1140. The van der Waals surface area contributed by atoms with Crippen molar-refractivity contribution in [2.75, 3.05) is 7.11 Å². The summed E-state index contributed by atoms with van der Waals surface area (Å²) in [5.41, 5.74) is 5.76. The molecule has 0 aliphatic rings. The maximum Gasteiger partial charge on any atom is 0.338 e. The standard InChI is InChI=1S/C26H27NO4S/c1-17-8-6-7-9-21(17)23-13-18(10-11-22(23)25(29)30-5)12-19(14-20-15-27-16-32-20)24(28)31-26(2,3)4/h6-11,13-16H,12H2,1-5H3. The van der Waals surface area contributed by atoms with E-state index in [1.807, 2.05) is 70.2 Å². The van der Waals surface area contributed by atoms with Gasteiger partial charge in [0.15, 0.2) is 0 Å². The van der Waals surface area contributed by atoms with Crippen molar-refractivity contribution >= 4 is 29.4 Å². The zero-order valence-corrected chi connectivity index (χ0v) is 19.8. The maximum absolute atomic E-state index is 12.9. The predicted molar refractivity (Wildman–Crippen MR) is 128 cm³/mol. The summed E-state index contributed by atoms with van der Waals surface area (Å²) in [7, 11) is 1.37. The van der Waals surface area contributed by atoms with Crippen LogP contribution in [0.2, 0.25) is 0 Å². The molecule has 166 valence electrons. The van der Waals surface area contributed by atoms with Crippen LogP contribution >= 0.6 is 11.3 Å². The summed E-state index contributed by atoms with van der Waals surface area (Å²) >= 11 is 1.45. The number of nitrogens with zero attached hydrogens (tertiary/aromatic N) is 1. The quantitative estimate of drug-likeness (QED) is 0.348. The van der Waals surface area contributed by atoms with Gasteiger partial charge in [-0.2, -0.15) is 0 Å². The highest BCUT2D eigenvalue weighted by Gasteiger charge is 2.22. The van der Waals surface area contributed by atoms with Crippen molar-refractivity contribution in [2.45, 2.75) is 39.7 Å². The molecule has 0 atom stereocenters. The van der Waals surface area contributed by atoms with E-state index in [1.165, 1.54) is 18.4 Å². The third-order valence-electron chi connectivity index (χ3n) is 4.75. The number of carbonyl (C=O) groups is 2. The first-order chi connectivity index (χ1) is 15.2. The molecule has 6 heteroatoms. The van der Waals surface area contributed by atoms with Gasteiger partial charge in [-0.1, -0.05) is 30.3 Å². The van der Waals surface area contributed by atoms with Crippen molar-refractivity contribution in [3.8, 4) is 11.1 Å². The van der Waals surface area contributed by atoms with Gasteiger partial charge in [-0.25, -0.2) is 9.59 Å². The molecule has 0 unspecified atom stereocenters. The van der Waals surface area contributed by atoms with Gasteiger partial charge < -0.3 is 9.47 Å². The lowest BCUT2D eigenvalue weighted by Gasteiger charge is -2.21. The van der Waals surface area contributed by atoms with Gasteiger partial charge >= 0.3 is 11.9 Å². The Hall–Kier alpha value is -3.25. The Morgan fingerprint density at radius 2 is 1.84 bits per heavy atom. The minimum atomic E-state index is -0.606. The molecule has 0 aliphatic heterocycles. The van der Waals surface area contributed by atoms with E-state index in [4.69, 9.17) is 9.47 Å². The third-order valence-corrected chi connectivity index (χ3v) is 5.47. The topological polar surface area (TPSA) is 65.5 Å². The summed E-state index contributed by atoms with van der Waals surface area (Å²) in [4.78, 5) is 30.3. The second kappa shape index (κ2) is 9.92. The highest BCUT2D eigenvalue weighted by atomic mass is 32.1. The Morgan fingerprint density at radius 1 is 1.09 bits per heavy atom. The van der Waals surface area contributed by atoms with Gasteiger partial charge in [0.25, 0.3) is 0 Å². The fraction of sp³-hybridized carbons (Fsp3) is 0.269. The van der Waals surface area contributed by atoms with Crippen LogP contribution in [0.3, 0.4) is 0 Å². The molecule has 5 nitrogen and oxygen atoms in total. The SMILES string of the molecule is COC(=O)c1ccc(CC(=Cc2cncs2)C(=O)OC(C)(C)C)cc1-c1ccccc1C. The molecule has 0 saturated carbocycles. The normalized spacial score (nSPS) is 11.8. The number of aromatic nitrogens is 1. The van der Waals surface area contributed by atoms with Crippen molar-refractivity contribution in [1.29, 1.82) is 0 Å². The van der Waals surface area contributed by atoms with Crippen LogP contribution in [0, 0.1) is 6.92 Å². The van der Waals surface area contributed by atoms with E-state index in [2.05, 4.69) is 4.98 Å². The molecular formula is C26H27NO4S. The zero-order chi connectivity index (χ0) is 23.3. The molecule has 0 spiro atoms. The van der Waals surface area contributed by atoms with Gasteiger partial charge in [0.1, 0.15) is 5.60 Å². The summed E-state index contributed by atoms with van der Waals surface area (Å²) in [6.07, 6.45) is 3.88. The van der Waals surface area contributed by atoms with E-state index in [0.29, 0.717) is 17.6 Å². The summed E-state index contributed by atoms with van der Waals surface area (Å²) in [5.74, 6) is -0.775. The Morgan fingerprint density at radius 3 is 2.47 bits per heavy atom. The number of benzene rings is 2. The molecule has 0 aliphatic carbocycles. The predicted octanol–water partition coefficient (Wildman–Crippen LogP) is 5.87. The van der Waals surface area contributed by atoms with Gasteiger partial charge in [-0.15, -0.1) is 11.3 Å². The Kier molecular flexibility index (Phi) is 7.26. The highest BCUT2D eigenvalue weighted by molar-refractivity contribution is 7.10. The average Bonchev–Trinajstić information content (AvgIpc) is 3.25. The van der Waals surface area contributed by atoms with Crippen molar-refractivity contribution in [1.82, 2.24) is 4.98 Å². The number of methoxy groups -OCH3 is 1. The minimum absolute atomic E-state index is 0.354. The maximum atomic E-state index is 12.9. The van der Waals surface area contributed by atoms with E-state index < -0.39 is 11.6 Å². The van der Waals surface area contributed by atoms with Gasteiger partial charge in [0.05, 0.1) is 18.2 Å². The van der Waals surface area contributed by atoms with Crippen LogP contribution in [-0.4, -0.2) is 29.6 Å². The second-order valence-corrected chi connectivity index (χ2v) is 9.36. The number of rotatable bonds is 6. The first-order valence-corrected chi connectivity index (χ1v) is 11.2. The van der Waals surface area contributed by atoms with Gasteiger partial charge in [-0.05, 0) is 68.2 Å². The van der Waals surface area contributed by atoms with Gasteiger partial charge in [0.2, 0.25) is 0 Å². The number of hydrogen-bond donors (Lipinski definition) is 0. The van der Waals surface area contributed by atoms with Crippen molar-refractivity contribution in [3.63, 3.8) is 0 Å². The average molecular weight is 450 g/mol. The van der Waals surface area contributed by atoms with Crippen LogP contribution in [0.4, 0.5) is 0 Å². The lowest BCUT2D eigenvalue weighted by Crippen LogP contribution is -2.25. The van der Waals surface area contributed by atoms with Gasteiger partial charge in [-0.3, -0.25) is 4.98 Å². The van der Waals surface area contributed by atoms with Crippen LogP contribution in [-0.2, 0) is 20.7 Å². The molecule has 0 radical (unpaired) electrons. The minimum Gasteiger partial charge on any atom is -0.465 e. The lowest BCUT2D eigenvalue weighted by atomic mass is 9.92. The number of esters is 2. The fourth-order valence-electron chi connectivity index (χ4n) is 3.30. The van der Waals surface area contributed by atoms with E-state index in [1.54, 1.807) is 17.8 Å². The number of hydrogen-bond acceptors (Lipinski definition) is 6. The summed E-state index contributed by atoms with van der Waals surface area (Å²) in [5, 5.41) is 0. The lowest BCUT2D eigenvalue weighted by molar-refractivity contribution is -0.149. The Labute approximate surface area is 192 Å². The molecule has 0 fully saturated rings. The van der Waals surface area contributed by atoms with E-state index >= 15 is 0 Å². The van der Waals surface area contributed by atoms with Crippen LogP contribution in [0.5, 0.6) is 0 Å². The molecular weight excluding hydrogens is 422 g/mol. The first-order valence-electron chi connectivity index (χ1n) is 10.3. The smallest absolute Gasteiger partial charge is 0.338 e. The molecule has 0 saturated heterocycles. The van der Waals surface area contributed by atoms with Crippen LogP contribution < -0.4 is 0 Å². The van der Waals surface area contributed by atoms with Crippen LogP contribution in [0.1, 0.15) is 47.1 Å². The molecule has 0 bridgehead atoms. The van der Waals surface area contributed by atoms with Crippen LogP contribution in [0.25, 0.3) is 17.2 Å². The van der Waals surface area contributed by atoms with E-state index in [9.17, 15) is 9.59 Å². The molecule has 0 N–H and O–H groups in total. The molecule has 1 aromatic heterocycles. The van der Waals surface area contributed by atoms with Crippen molar-refractivity contribution < 1.29 is 19.1 Å². The molecule has 2 aromatic carbocycles. The second-order valence-electron chi connectivity index (χ2n) is 8.44. The summed E-state index contributed by atoms with van der Waals surface area (Å²) in [6.45, 7) is 7.53. The zero-order valence-electron chi connectivity index (χ0n) is 19.0. The molecule has 3 aromatic rings. The number of thiazole rings is 1. The van der Waals surface area contributed by atoms with Crippen molar-refractivity contribution in [3.05, 3.63) is 81.3 Å². The molecule has 1 heterocycles. The summed E-state index contributed by atoms with van der Waals surface area (Å²) in [6, 6.07) is 13.4. The van der Waals surface area contributed by atoms with E-state index in [0.717, 1.165) is 27.1 Å². The van der Waals surface area contributed by atoms with Crippen molar-refractivity contribution in [2.24, 2.45) is 0 Å². The van der Waals surface area contributed by atoms with Crippen LogP contribution in [0.15, 0.2) is 59.7 Å². The molecule has 3 rings (SSSR count).